The number of halogens is 2. The summed E-state index contributed by atoms with van der Waals surface area (Å²) in [5.41, 5.74) is 10.3. The van der Waals surface area contributed by atoms with Crippen LogP contribution in [0.1, 0.15) is 40.2 Å². The Hall–Kier alpha value is -3.85. The number of rotatable bonds is 5. The summed E-state index contributed by atoms with van der Waals surface area (Å²) in [7, 11) is 0. The zero-order valence-electron chi connectivity index (χ0n) is 17.6. The molecule has 1 saturated carbocycles. The van der Waals surface area contributed by atoms with Crippen molar-refractivity contribution in [2.75, 3.05) is 11.1 Å². The zero-order chi connectivity index (χ0) is 23.1. The smallest absolute Gasteiger partial charge is 0.255 e. The van der Waals surface area contributed by atoms with Gasteiger partial charge in [0.1, 0.15) is 5.82 Å². The van der Waals surface area contributed by atoms with Gasteiger partial charge in [-0.25, -0.2) is 9.37 Å². The molecule has 1 aliphatic carbocycles. The van der Waals surface area contributed by atoms with E-state index in [0.717, 1.165) is 35.7 Å². The highest BCUT2D eigenvalue weighted by molar-refractivity contribution is 6.32. The number of aryl methyl sites for hydroxylation is 1. The first-order valence-corrected chi connectivity index (χ1v) is 10.7. The number of benzene rings is 1. The Morgan fingerprint density at radius 3 is 2.58 bits per heavy atom. The quantitative estimate of drug-likeness (QED) is 0.449. The highest BCUT2D eigenvalue weighted by Gasteiger charge is 2.29. The summed E-state index contributed by atoms with van der Waals surface area (Å²) in [5, 5.41) is 11.2. The van der Waals surface area contributed by atoms with Gasteiger partial charge < -0.3 is 11.1 Å². The van der Waals surface area contributed by atoms with Gasteiger partial charge in [0.15, 0.2) is 5.82 Å². The third-order valence-electron chi connectivity index (χ3n) is 5.49. The minimum atomic E-state index is -0.487. The second kappa shape index (κ2) is 8.25. The monoisotopic (exact) mass is 463 g/mol. The van der Waals surface area contributed by atoms with Gasteiger partial charge in [0.05, 0.1) is 46.9 Å². The second-order valence-electron chi connectivity index (χ2n) is 7.92. The van der Waals surface area contributed by atoms with Crippen LogP contribution in [0.2, 0.25) is 5.02 Å². The summed E-state index contributed by atoms with van der Waals surface area (Å²) in [5.74, 6) is -0.0987. The van der Waals surface area contributed by atoms with E-state index in [1.165, 1.54) is 29.5 Å². The lowest BCUT2D eigenvalue weighted by atomic mass is 9.93. The van der Waals surface area contributed by atoms with E-state index in [1.54, 1.807) is 6.07 Å². The molecule has 0 atom stereocenters. The fourth-order valence-electron chi connectivity index (χ4n) is 3.76. The molecular formula is C23H19ClFN7O. The third kappa shape index (κ3) is 4.14. The molecular weight excluding hydrogens is 445 g/mol. The second-order valence-corrected chi connectivity index (χ2v) is 8.33. The summed E-state index contributed by atoms with van der Waals surface area (Å²) < 4.78 is 13.5. The Morgan fingerprint density at radius 2 is 1.91 bits per heavy atom. The molecule has 3 N–H and O–H groups in total. The number of carbonyl (C=O) groups excluding carboxylic acids is 1. The van der Waals surface area contributed by atoms with Crippen molar-refractivity contribution in [3.63, 3.8) is 0 Å². The van der Waals surface area contributed by atoms with Gasteiger partial charge in [0.2, 0.25) is 0 Å². The Kier molecular flexibility index (Phi) is 5.26. The van der Waals surface area contributed by atoms with Crippen molar-refractivity contribution in [3.05, 3.63) is 76.6 Å². The van der Waals surface area contributed by atoms with E-state index in [1.807, 2.05) is 19.1 Å². The van der Waals surface area contributed by atoms with Crippen molar-refractivity contribution >= 4 is 28.9 Å². The van der Waals surface area contributed by atoms with Crippen LogP contribution in [0.25, 0.3) is 17.1 Å². The number of amides is 1. The summed E-state index contributed by atoms with van der Waals surface area (Å²) in [6, 6.07) is 6.62. The Bertz CT molecular complexity index is 1370. The Morgan fingerprint density at radius 1 is 1.15 bits per heavy atom. The number of pyridine rings is 2. The summed E-state index contributed by atoms with van der Waals surface area (Å²) >= 11 is 6.31. The van der Waals surface area contributed by atoms with Gasteiger partial charge in [-0.15, -0.1) is 4.80 Å². The van der Waals surface area contributed by atoms with Crippen LogP contribution in [0.15, 0.2) is 49.1 Å². The van der Waals surface area contributed by atoms with E-state index < -0.39 is 5.82 Å². The lowest BCUT2D eigenvalue weighted by molar-refractivity contribution is 0.102. The number of hydrogen-bond donors (Lipinski definition) is 2. The highest BCUT2D eigenvalue weighted by Crippen LogP contribution is 2.46. The van der Waals surface area contributed by atoms with Crippen molar-refractivity contribution in [3.8, 4) is 17.1 Å². The van der Waals surface area contributed by atoms with Crippen LogP contribution in [-0.4, -0.2) is 30.9 Å². The number of nitrogen functional groups attached to an aromatic ring is 1. The largest absolute Gasteiger partial charge is 0.397 e. The van der Waals surface area contributed by atoms with Crippen LogP contribution in [0.3, 0.4) is 0 Å². The van der Waals surface area contributed by atoms with Gasteiger partial charge in [0.25, 0.3) is 5.91 Å². The van der Waals surface area contributed by atoms with Crippen LogP contribution in [0.4, 0.5) is 15.8 Å². The molecule has 4 aromatic rings. The average molecular weight is 464 g/mol. The van der Waals surface area contributed by atoms with Gasteiger partial charge in [-0.3, -0.25) is 9.78 Å². The van der Waals surface area contributed by atoms with Crippen molar-refractivity contribution < 1.29 is 9.18 Å². The molecule has 0 radical (unpaired) electrons. The molecule has 3 aromatic heterocycles. The number of nitrogens with one attached hydrogen (secondary N) is 1. The number of anilines is 2. The summed E-state index contributed by atoms with van der Waals surface area (Å²) in [4.78, 5) is 22.9. The van der Waals surface area contributed by atoms with E-state index in [4.69, 9.17) is 17.3 Å². The van der Waals surface area contributed by atoms with E-state index in [0.29, 0.717) is 33.7 Å². The van der Waals surface area contributed by atoms with Crippen LogP contribution >= 0.6 is 11.6 Å². The minimum absolute atomic E-state index is 0.265. The molecule has 33 heavy (non-hydrogen) atoms. The highest BCUT2D eigenvalue weighted by atomic mass is 35.5. The molecule has 166 valence electrons. The molecule has 0 aliphatic heterocycles. The average Bonchev–Trinajstić information content (AvgIpc) is 3.47. The van der Waals surface area contributed by atoms with Gasteiger partial charge in [0, 0.05) is 17.2 Å². The fraction of sp³-hybridized carbons (Fsp3) is 0.174. The SMILES string of the molecule is Cc1cc(-c2ncc(F)cc2N)c(C2CC2)cc1C(=O)Nc1cnc(-n2nccn2)c(Cl)c1. The van der Waals surface area contributed by atoms with Gasteiger partial charge in [-0.05, 0) is 55.0 Å². The first kappa shape index (κ1) is 21.0. The molecule has 0 spiro atoms. The molecule has 5 rings (SSSR count). The fourth-order valence-corrected chi connectivity index (χ4v) is 4.00. The van der Waals surface area contributed by atoms with Gasteiger partial charge in [-0.1, -0.05) is 11.6 Å². The molecule has 1 amide bonds. The Balaban J connectivity index is 1.46. The standard InChI is InChI=1S/C23H19ClFN7O/c1-12-6-18(21-20(26)7-14(25)10-27-21)17(13-2-3-13)9-16(12)23(33)31-15-8-19(24)22(28-11-15)32-29-4-5-30-32/h4-11,13H,2-3,26H2,1H3,(H,31,33). The first-order valence-electron chi connectivity index (χ1n) is 10.3. The predicted octanol–water partition coefficient (Wildman–Crippen LogP) is 4.54. The van der Waals surface area contributed by atoms with Crippen LogP contribution in [0, 0.1) is 12.7 Å². The van der Waals surface area contributed by atoms with Crippen molar-refractivity contribution in [1.29, 1.82) is 0 Å². The van der Waals surface area contributed by atoms with Crippen molar-refractivity contribution in [1.82, 2.24) is 25.0 Å². The Labute approximate surface area is 193 Å². The maximum Gasteiger partial charge on any atom is 0.255 e. The van der Waals surface area contributed by atoms with Crippen molar-refractivity contribution in [2.24, 2.45) is 0 Å². The molecule has 10 heteroatoms. The molecule has 1 aliphatic rings. The molecule has 3 heterocycles. The molecule has 0 bridgehead atoms. The summed E-state index contributed by atoms with van der Waals surface area (Å²) in [6.45, 7) is 1.84. The number of hydrogen-bond acceptors (Lipinski definition) is 6. The number of nitrogens with two attached hydrogens (primary N) is 1. The minimum Gasteiger partial charge on any atom is -0.397 e. The van der Waals surface area contributed by atoms with E-state index >= 15 is 0 Å². The molecule has 0 saturated heterocycles. The lowest BCUT2D eigenvalue weighted by Crippen LogP contribution is -2.15. The van der Waals surface area contributed by atoms with E-state index in [-0.39, 0.29) is 11.6 Å². The summed E-state index contributed by atoms with van der Waals surface area (Å²) in [6.07, 6.45) is 7.72. The number of aromatic nitrogens is 5. The van der Waals surface area contributed by atoms with Gasteiger partial charge in [-0.2, -0.15) is 10.2 Å². The maximum absolute atomic E-state index is 13.5. The molecule has 1 fully saturated rings. The van der Waals surface area contributed by atoms with Crippen molar-refractivity contribution in [2.45, 2.75) is 25.7 Å². The topological polar surface area (TPSA) is 112 Å². The number of carbonyl (C=O) groups is 1. The van der Waals surface area contributed by atoms with Crippen LogP contribution in [0.5, 0.6) is 0 Å². The first-order chi connectivity index (χ1) is 15.9. The molecule has 8 nitrogen and oxygen atoms in total. The van der Waals surface area contributed by atoms with Crippen LogP contribution < -0.4 is 11.1 Å². The maximum atomic E-state index is 13.5. The zero-order valence-corrected chi connectivity index (χ0v) is 18.3. The van der Waals surface area contributed by atoms with Gasteiger partial charge >= 0.3 is 0 Å². The van der Waals surface area contributed by atoms with E-state index in [2.05, 4.69) is 25.5 Å². The van der Waals surface area contributed by atoms with E-state index in [9.17, 15) is 9.18 Å². The number of nitrogens with zero attached hydrogens (tertiary/aromatic N) is 5. The third-order valence-corrected chi connectivity index (χ3v) is 5.76. The molecule has 0 unspecified atom stereocenters. The molecule has 1 aromatic carbocycles. The van der Waals surface area contributed by atoms with Crippen LogP contribution in [-0.2, 0) is 0 Å². The normalized spacial score (nSPS) is 13.2. The lowest BCUT2D eigenvalue weighted by Gasteiger charge is -2.15. The predicted molar refractivity (Wildman–Crippen MR) is 123 cm³/mol.